The molecule has 4 aliphatic heterocycles. The number of piperidine rings is 1. The molecule has 1 unspecified atom stereocenters. The maximum Gasteiger partial charge on any atom is 0.266 e. The zero-order chi connectivity index (χ0) is 50.2. The van der Waals surface area contributed by atoms with Crippen LogP contribution in [-0.2, 0) is 19.2 Å². The Hall–Kier alpha value is -6.84. The highest BCUT2D eigenvalue weighted by Crippen LogP contribution is 2.39. The molecule has 3 saturated heterocycles. The molecule has 3 N–H and O–H groups in total. The predicted octanol–water partition coefficient (Wildman–Crippen LogP) is 4.45. The van der Waals surface area contributed by atoms with E-state index in [0.29, 0.717) is 54.7 Å². The first-order chi connectivity index (χ1) is 34.3. The van der Waals surface area contributed by atoms with Crippen molar-refractivity contribution in [3.05, 3.63) is 88.6 Å². The first-order valence-electron chi connectivity index (χ1n) is 23.8. The zero-order valence-electron chi connectivity index (χ0n) is 40.0. The van der Waals surface area contributed by atoms with Gasteiger partial charge in [0.1, 0.15) is 17.5 Å². The van der Waals surface area contributed by atoms with Crippen LogP contribution in [-0.4, -0.2) is 157 Å². The summed E-state index contributed by atoms with van der Waals surface area (Å²) in [6.45, 7) is 10.1. The van der Waals surface area contributed by atoms with E-state index < -0.39 is 29.7 Å². The molecule has 0 saturated carbocycles. The number of piperazine rings is 2. The summed E-state index contributed by atoms with van der Waals surface area (Å²) in [4.78, 5) is 116. The monoisotopic (exact) mass is 1010 g/mol. The lowest BCUT2D eigenvalue weighted by molar-refractivity contribution is -0.136. The van der Waals surface area contributed by atoms with Crippen molar-refractivity contribution in [2.24, 2.45) is 0 Å². The second-order valence-corrected chi connectivity index (χ2v) is 20.1. The Morgan fingerprint density at radius 2 is 1.59 bits per heavy atom. The number of benzene rings is 3. The lowest BCUT2D eigenvalue weighted by atomic mass is 10.0. The van der Waals surface area contributed by atoms with Gasteiger partial charge in [0.25, 0.3) is 29.5 Å². The molecule has 5 heterocycles. The second kappa shape index (κ2) is 22.9. The SMILES string of the molecule is COc1cc(C)c(Sc2cnc(NC(=O)c3ccc(N4CCN(CCCCCCNC(=O)COc5cccc6c5C(=O)N(C5CCC(=O)NC5=O)C6=O)CC4)cc3)s2)cc1C(=O)N1CCN(C(C)=O)CC1. The Bertz CT molecular complexity index is 2700. The number of methoxy groups -OCH3 is 1. The third kappa shape index (κ3) is 12.0. The van der Waals surface area contributed by atoms with E-state index in [-0.39, 0.29) is 60.0 Å². The summed E-state index contributed by atoms with van der Waals surface area (Å²) >= 11 is 2.82. The van der Waals surface area contributed by atoms with Crippen LogP contribution in [0.25, 0.3) is 0 Å². The molecule has 8 amide bonds. The van der Waals surface area contributed by atoms with Crippen molar-refractivity contribution in [1.29, 1.82) is 0 Å². The molecule has 19 nitrogen and oxygen atoms in total. The minimum Gasteiger partial charge on any atom is -0.496 e. The summed E-state index contributed by atoms with van der Waals surface area (Å²) in [7, 11) is 1.55. The minimum atomic E-state index is -1.09. The molecule has 8 rings (SSSR count). The summed E-state index contributed by atoms with van der Waals surface area (Å²) in [6.07, 6.45) is 5.56. The molecule has 0 spiro atoms. The van der Waals surface area contributed by atoms with Crippen LogP contribution < -0.4 is 30.3 Å². The van der Waals surface area contributed by atoms with Crippen molar-refractivity contribution >= 4 is 81.2 Å². The number of aromatic nitrogens is 1. The average Bonchev–Trinajstić information content (AvgIpc) is 3.92. The van der Waals surface area contributed by atoms with Crippen LogP contribution in [0.2, 0.25) is 0 Å². The van der Waals surface area contributed by atoms with Gasteiger partial charge in [0, 0.05) is 88.4 Å². The van der Waals surface area contributed by atoms with Gasteiger partial charge in [-0.05, 0) is 86.8 Å². The van der Waals surface area contributed by atoms with Crippen molar-refractivity contribution in [3.8, 4) is 11.5 Å². The van der Waals surface area contributed by atoms with Crippen LogP contribution in [0.3, 0.4) is 0 Å². The van der Waals surface area contributed by atoms with Gasteiger partial charge in [0.15, 0.2) is 11.7 Å². The van der Waals surface area contributed by atoms with Gasteiger partial charge < -0.3 is 29.5 Å². The molecule has 3 fully saturated rings. The van der Waals surface area contributed by atoms with Gasteiger partial charge in [-0.3, -0.25) is 58.8 Å². The molecular formula is C50H57N9O10S2. The van der Waals surface area contributed by atoms with Crippen LogP contribution in [0.1, 0.15) is 92.4 Å². The number of aryl methyl sites for hydroxylation is 1. The Balaban J connectivity index is 0.707. The maximum atomic E-state index is 13.6. The van der Waals surface area contributed by atoms with E-state index in [1.807, 2.05) is 43.3 Å². The fraction of sp³-hybridized carbons (Fsp3) is 0.420. The smallest absolute Gasteiger partial charge is 0.266 e. The molecule has 21 heteroatoms. The number of carbonyl (C=O) groups excluding carboxylic acids is 8. The number of nitrogens with one attached hydrogen (secondary N) is 3. The highest BCUT2D eigenvalue weighted by atomic mass is 32.2. The highest BCUT2D eigenvalue weighted by Gasteiger charge is 2.46. The van der Waals surface area contributed by atoms with Gasteiger partial charge in [0.2, 0.25) is 17.7 Å². The van der Waals surface area contributed by atoms with Crippen molar-refractivity contribution in [1.82, 2.24) is 35.2 Å². The van der Waals surface area contributed by atoms with Gasteiger partial charge in [0.05, 0.1) is 34.2 Å². The molecule has 1 aromatic heterocycles. The quantitative estimate of drug-likeness (QED) is 0.0927. The summed E-state index contributed by atoms with van der Waals surface area (Å²) in [5.74, 6) is -2.67. The fourth-order valence-electron chi connectivity index (χ4n) is 9.04. The number of thiazole rings is 1. The van der Waals surface area contributed by atoms with Gasteiger partial charge >= 0.3 is 0 Å². The second-order valence-electron chi connectivity index (χ2n) is 17.7. The number of rotatable bonds is 18. The van der Waals surface area contributed by atoms with Crippen molar-refractivity contribution in [2.75, 3.05) is 89.4 Å². The number of nitrogens with zero attached hydrogens (tertiary/aromatic N) is 6. The van der Waals surface area contributed by atoms with E-state index in [0.717, 1.165) is 83.7 Å². The Morgan fingerprint density at radius 3 is 2.31 bits per heavy atom. The molecule has 0 aliphatic carbocycles. The Morgan fingerprint density at radius 1 is 0.859 bits per heavy atom. The Kier molecular flexibility index (Phi) is 16.3. The zero-order valence-corrected chi connectivity index (χ0v) is 41.6. The van der Waals surface area contributed by atoms with Gasteiger partial charge in [-0.1, -0.05) is 42.0 Å². The van der Waals surface area contributed by atoms with Crippen LogP contribution in [0.5, 0.6) is 11.5 Å². The molecule has 374 valence electrons. The fourth-order valence-corrected chi connectivity index (χ4v) is 11.0. The van der Waals surface area contributed by atoms with Crippen LogP contribution in [0.15, 0.2) is 69.9 Å². The number of unbranched alkanes of at least 4 members (excludes halogenated alkanes) is 3. The molecule has 0 bridgehead atoms. The lowest BCUT2D eigenvalue weighted by Crippen LogP contribution is -2.54. The third-order valence-electron chi connectivity index (χ3n) is 13.0. The third-order valence-corrected chi connectivity index (χ3v) is 15.2. The molecule has 1 atom stereocenters. The molecule has 71 heavy (non-hydrogen) atoms. The molecular weight excluding hydrogens is 951 g/mol. The first kappa shape index (κ1) is 50.5. The molecule has 0 radical (unpaired) electrons. The Labute approximate surface area is 419 Å². The standard InChI is InChI=1S/C50H57N9O10S2/c1-31-27-39(68-3)36(47(65)58-25-23-56(24-26-58)32(2)60)28-40(31)70-43-29-52-50(71-43)54-45(63)33-11-13-34(14-12-33)57-21-19-55(20-22-57)18-7-5-4-6-17-51-42(62)30-69-38-10-8-9-35-44(38)49(67)59(48(35)66)37-15-16-41(61)53-46(37)64/h8-14,27-29,37H,4-7,15-26,30H2,1-3H3,(H,51,62)(H,52,54,63)(H,53,61,64). The molecule has 4 aromatic rings. The maximum absolute atomic E-state index is 13.6. The number of hydrogen-bond donors (Lipinski definition) is 3. The van der Waals surface area contributed by atoms with Gasteiger partial charge in [-0.15, -0.1) is 0 Å². The normalized spacial score (nSPS) is 17.3. The number of amides is 8. The number of hydrogen-bond acceptors (Lipinski definition) is 15. The number of imide groups is 2. The van der Waals surface area contributed by atoms with Crippen molar-refractivity contribution in [3.63, 3.8) is 0 Å². The number of carbonyl (C=O) groups is 8. The van der Waals surface area contributed by atoms with E-state index in [4.69, 9.17) is 9.47 Å². The molecule has 3 aromatic carbocycles. The molecule has 4 aliphatic rings. The summed E-state index contributed by atoms with van der Waals surface area (Å²) in [5.41, 5.74) is 3.06. The highest BCUT2D eigenvalue weighted by molar-refractivity contribution is 8.01. The minimum absolute atomic E-state index is 0.000479. The number of fused-ring (bicyclic) bond motifs is 1. The average molecular weight is 1010 g/mol. The van der Waals surface area contributed by atoms with E-state index in [2.05, 4.69) is 30.7 Å². The van der Waals surface area contributed by atoms with Crippen LogP contribution in [0.4, 0.5) is 10.8 Å². The summed E-state index contributed by atoms with van der Waals surface area (Å²) in [6, 6.07) is 14.7. The number of ether oxygens (including phenoxy) is 2. The summed E-state index contributed by atoms with van der Waals surface area (Å²) < 4.78 is 12.1. The van der Waals surface area contributed by atoms with E-state index in [1.165, 1.54) is 42.2 Å². The number of anilines is 2. The summed E-state index contributed by atoms with van der Waals surface area (Å²) in [5, 5.41) is 8.42. The van der Waals surface area contributed by atoms with Crippen molar-refractivity contribution in [2.45, 2.75) is 67.5 Å². The van der Waals surface area contributed by atoms with E-state index in [1.54, 1.807) is 29.2 Å². The van der Waals surface area contributed by atoms with Crippen molar-refractivity contribution < 1.29 is 47.8 Å². The van der Waals surface area contributed by atoms with E-state index >= 15 is 0 Å². The van der Waals surface area contributed by atoms with E-state index in [9.17, 15) is 38.4 Å². The largest absolute Gasteiger partial charge is 0.496 e. The lowest BCUT2D eigenvalue weighted by Gasteiger charge is -2.36. The van der Waals surface area contributed by atoms with Crippen LogP contribution >= 0.6 is 23.1 Å². The first-order valence-corrected chi connectivity index (χ1v) is 25.4. The van der Waals surface area contributed by atoms with Gasteiger partial charge in [-0.25, -0.2) is 4.98 Å². The van der Waals surface area contributed by atoms with Crippen LogP contribution in [0, 0.1) is 6.92 Å². The predicted molar refractivity (Wildman–Crippen MR) is 265 cm³/mol. The topological polar surface area (TPSA) is 220 Å². The van der Waals surface area contributed by atoms with Gasteiger partial charge in [-0.2, -0.15) is 0 Å².